The van der Waals surface area contributed by atoms with Gasteiger partial charge in [-0.25, -0.2) is 0 Å². The number of ether oxygens (including phenoxy) is 1. The smallest absolute Gasteiger partial charge is 0.229 e. The van der Waals surface area contributed by atoms with Crippen LogP contribution in [0.3, 0.4) is 0 Å². The summed E-state index contributed by atoms with van der Waals surface area (Å²) in [7, 11) is 1.65. The fourth-order valence-electron chi connectivity index (χ4n) is 2.05. The molecule has 0 aromatic rings. The minimum absolute atomic E-state index is 0.0830. The van der Waals surface area contributed by atoms with Crippen LogP contribution in [0.5, 0.6) is 0 Å². The molecule has 2 aliphatic heterocycles. The average Bonchev–Trinajstić information content (AvgIpc) is 2.91. The second-order valence-electron chi connectivity index (χ2n) is 4.35. The van der Waals surface area contributed by atoms with Gasteiger partial charge in [-0.05, 0) is 0 Å². The van der Waals surface area contributed by atoms with Crippen molar-refractivity contribution >= 4 is 17.8 Å². The maximum absolute atomic E-state index is 11.4. The molecule has 0 aromatic heterocycles. The third-order valence-electron chi connectivity index (χ3n) is 2.96. The highest BCUT2D eigenvalue weighted by Gasteiger charge is 2.28. The quantitative estimate of drug-likeness (QED) is 0.596. The topological polar surface area (TPSA) is 83.0 Å². The summed E-state index contributed by atoms with van der Waals surface area (Å²) >= 11 is 0. The normalized spacial score (nSPS) is 23.3. The second kappa shape index (κ2) is 5.81. The number of nitrogens with zero attached hydrogens (tertiary/aromatic N) is 2. The standard InChI is InChI=1S/C11H18N4O3/c1-18-7-8-6-13-11(14-8)12-4-5-15-9(16)2-3-10(15)17/h8H,2-7H2,1H3,(H2,12,13,14). The van der Waals surface area contributed by atoms with Crippen molar-refractivity contribution in [1.82, 2.24) is 15.5 Å². The molecule has 0 bridgehead atoms. The lowest BCUT2D eigenvalue weighted by Gasteiger charge is -2.15. The number of amides is 2. The van der Waals surface area contributed by atoms with Crippen LogP contribution in [0.15, 0.2) is 4.99 Å². The van der Waals surface area contributed by atoms with Crippen LogP contribution in [-0.4, -0.2) is 62.1 Å². The zero-order valence-electron chi connectivity index (χ0n) is 10.4. The van der Waals surface area contributed by atoms with Crippen molar-refractivity contribution < 1.29 is 14.3 Å². The number of rotatable bonds is 5. The Morgan fingerprint density at radius 1 is 1.44 bits per heavy atom. The summed E-state index contributed by atoms with van der Waals surface area (Å²) in [4.78, 5) is 28.3. The van der Waals surface area contributed by atoms with Gasteiger partial charge in [-0.1, -0.05) is 0 Å². The number of hydrogen-bond donors (Lipinski definition) is 2. The van der Waals surface area contributed by atoms with Gasteiger partial charge in [0.2, 0.25) is 11.8 Å². The molecule has 2 heterocycles. The van der Waals surface area contributed by atoms with Crippen molar-refractivity contribution in [3.63, 3.8) is 0 Å². The first kappa shape index (κ1) is 12.8. The molecule has 100 valence electrons. The maximum atomic E-state index is 11.4. The van der Waals surface area contributed by atoms with Gasteiger partial charge in [-0.3, -0.25) is 19.5 Å². The van der Waals surface area contributed by atoms with Crippen LogP contribution < -0.4 is 10.6 Å². The number of carbonyl (C=O) groups is 2. The lowest BCUT2D eigenvalue weighted by atomic mass is 10.3. The highest BCUT2D eigenvalue weighted by atomic mass is 16.5. The number of nitrogens with one attached hydrogen (secondary N) is 2. The third-order valence-corrected chi connectivity index (χ3v) is 2.96. The number of likely N-dealkylation sites (tertiary alicyclic amines) is 1. The van der Waals surface area contributed by atoms with E-state index in [1.807, 2.05) is 0 Å². The highest BCUT2D eigenvalue weighted by Crippen LogP contribution is 2.10. The first-order valence-corrected chi connectivity index (χ1v) is 6.07. The maximum Gasteiger partial charge on any atom is 0.229 e. The molecule has 7 nitrogen and oxygen atoms in total. The Balaban J connectivity index is 1.67. The van der Waals surface area contributed by atoms with E-state index >= 15 is 0 Å². The molecule has 1 fully saturated rings. The third kappa shape index (κ3) is 2.98. The van der Waals surface area contributed by atoms with Gasteiger partial charge in [0.05, 0.1) is 19.2 Å². The largest absolute Gasteiger partial charge is 0.382 e. The van der Waals surface area contributed by atoms with Gasteiger partial charge in [0.25, 0.3) is 0 Å². The Bertz CT molecular complexity index is 353. The van der Waals surface area contributed by atoms with Gasteiger partial charge in [0.1, 0.15) is 0 Å². The van der Waals surface area contributed by atoms with Crippen molar-refractivity contribution in [1.29, 1.82) is 0 Å². The fourth-order valence-corrected chi connectivity index (χ4v) is 2.05. The molecule has 0 saturated carbocycles. The lowest BCUT2D eigenvalue weighted by molar-refractivity contribution is -0.138. The van der Waals surface area contributed by atoms with E-state index in [1.54, 1.807) is 7.11 Å². The molecule has 2 amide bonds. The lowest BCUT2D eigenvalue weighted by Crippen LogP contribution is -2.44. The molecule has 0 aliphatic carbocycles. The summed E-state index contributed by atoms with van der Waals surface area (Å²) < 4.78 is 5.03. The predicted molar refractivity (Wildman–Crippen MR) is 65.1 cm³/mol. The minimum atomic E-state index is -0.0830. The van der Waals surface area contributed by atoms with Crippen molar-refractivity contribution in [3.8, 4) is 0 Å². The van der Waals surface area contributed by atoms with E-state index in [1.165, 1.54) is 4.90 Å². The number of methoxy groups -OCH3 is 1. The summed E-state index contributed by atoms with van der Waals surface area (Å²) in [5.41, 5.74) is 0. The Hall–Kier alpha value is -1.63. The van der Waals surface area contributed by atoms with E-state index in [9.17, 15) is 9.59 Å². The van der Waals surface area contributed by atoms with E-state index < -0.39 is 0 Å². The van der Waals surface area contributed by atoms with E-state index in [0.29, 0.717) is 45.0 Å². The van der Waals surface area contributed by atoms with Gasteiger partial charge in [0.15, 0.2) is 5.96 Å². The highest BCUT2D eigenvalue weighted by molar-refractivity contribution is 6.01. The van der Waals surface area contributed by atoms with Crippen LogP contribution in [-0.2, 0) is 14.3 Å². The van der Waals surface area contributed by atoms with E-state index in [-0.39, 0.29) is 17.9 Å². The van der Waals surface area contributed by atoms with Crippen molar-refractivity contribution in [2.75, 3.05) is 33.4 Å². The molecule has 2 N–H and O–H groups in total. The number of carbonyl (C=O) groups excluding carboxylic acids is 2. The van der Waals surface area contributed by atoms with Crippen LogP contribution in [0.25, 0.3) is 0 Å². The molecule has 0 aromatic carbocycles. The number of guanidine groups is 1. The van der Waals surface area contributed by atoms with Crippen LogP contribution in [0.1, 0.15) is 12.8 Å². The van der Waals surface area contributed by atoms with Crippen LogP contribution in [0.2, 0.25) is 0 Å². The summed E-state index contributed by atoms with van der Waals surface area (Å²) in [5.74, 6) is 0.539. The van der Waals surface area contributed by atoms with Gasteiger partial charge >= 0.3 is 0 Å². The average molecular weight is 254 g/mol. The van der Waals surface area contributed by atoms with Gasteiger partial charge in [0, 0.05) is 33.0 Å². The molecule has 0 spiro atoms. The molecule has 1 atom stereocenters. The summed E-state index contributed by atoms with van der Waals surface area (Å²) in [6, 6.07) is 0.201. The zero-order chi connectivity index (χ0) is 13.0. The van der Waals surface area contributed by atoms with Crippen LogP contribution in [0, 0.1) is 0 Å². The Kier molecular flexibility index (Phi) is 4.14. The molecule has 2 rings (SSSR count). The van der Waals surface area contributed by atoms with Crippen LogP contribution >= 0.6 is 0 Å². The predicted octanol–water partition coefficient (Wildman–Crippen LogP) is -1.30. The fraction of sp³-hybridized carbons (Fsp3) is 0.727. The van der Waals surface area contributed by atoms with E-state index in [0.717, 1.165) is 0 Å². The zero-order valence-corrected chi connectivity index (χ0v) is 10.4. The Morgan fingerprint density at radius 3 is 2.83 bits per heavy atom. The molecular weight excluding hydrogens is 236 g/mol. The van der Waals surface area contributed by atoms with Crippen molar-refractivity contribution in [2.45, 2.75) is 18.9 Å². The van der Waals surface area contributed by atoms with Gasteiger partial charge in [-0.2, -0.15) is 0 Å². The summed E-state index contributed by atoms with van der Waals surface area (Å²) in [5, 5.41) is 6.24. The SMILES string of the molecule is COCC1CN=C(NCCN2C(=O)CCC2=O)N1. The molecule has 2 aliphatic rings. The monoisotopic (exact) mass is 254 g/mol. The first-order valence-electron chi connectivity index (χ1n) is 6.07. The molecule has 18 heavy (non-hydrogen) atoms. The first-order chi connectivity index (χ1) is 8.70. The molecule has 1 unspecified atom stereocenters. The van der Waals surface area contributed by atoms with E-state index in [2.05, 4.69) is 15.6 Å². The van der Waals surface area contributed by atoms with Crippen molar-refractivity contribution in [2.24, 2.45) is 4.99 Å². The minimum Gasteiger partial charge on any atom is -0.382 e. The Morgan fingerprint density at radius 2 is 2.17 bits per heavy atom. The van der Waals surface area contributed by atoms with Crippen LogP contribution in [0.4, 0.5) is 0 Å². The summed E-state index contributed by atoms with van der Waals surface area (Å²) in [6.45, 7) is 2.20. The van der Waals surface area contributed by atoms with E-state index in [4.69, 9.17) is 4.74 Å². The Labute approximate surface area is 106 Å². The number of imide groups is 1. The number of aliphatic imine (C=N–C) groups is 1. The molecule has 1 saturated heterocycles. The van der Waals surface area contributed by atoms with Crippen molar-refractivity contribution in [3.05, 3.63) is 0 Å². The van der Waals surface area contributed by atoms with Gasteiger partial charge < -0.3 is 15.4 Å². The van der Waals surface area contributed by atoms with Gasteiger partial charge in [-0.15, -0.1) is 0 Å². The molecular formula is C11H18N4O3. The summed E-state index contributed by atoms with van der Waals surface area (Å²) in [6.07, 6.45) is 0.682. The molecule has 7 heteroatoms. The molecule has 0 radical (unpaired) electrons. The second-order valence-corrected chi connectivity index (χ2v) is 4.35. The number of hydrogen-bond acceptors (Lipinski definition) is 6.